The first-order chi connectivity index (χ1) is 16.5. The zero-order chi connectivity index (χ0) is 25.2. The van der Waals surface area contributed by atoms with Crippen LogP contribution in [-0.2, 0) is 19.1 Å². The number of carbonyl (C=O) groups is 3. The van der Waals surface area contributed by atoms with Crippen LogP contribution in [0.2, 0.25) is 0 Å². The third-order valence-electron chi connectivity index (χ3n) is 12.4. The molecule has 5 aliphatic carbocycles. The highest BCUT2D eigenvalue weighted by Gasteiger charge is 2.66. The van der Waals surface area contributed by atoms with Crippen LogP contribution in [0.4, 0.5) is 0 Å². The lowest BCUT2D eigenvalue weighted by Crippen LogP contribution is -2.62. The lowest BCUT2D eigenvalue weighted by molar-refractivity contribution is -0.196. The van der Waals surface area contributed by atoms with Gasteiger partial charge < -0.3 is 4.74 Å². The summed E-state index contributed by atoms with van der Waals surface area (Å²) in [5.74, 6) is 3.15. The molecule has 0 aromatic heterocycles. The van der Waals surface area contributed by atoms with Crippen LogP contribution in [0.15, 0.2) is 12.2 Å². The molecule has 0 bridgehead atoms. The van der Waals surface area contributed by atoms with Crippen LogP contribution in [0.5, 0.6) is 0 Å². The molecule has 4 nitrogen and oxygen atoms in total. The smallest absolute Gasteiger partial charge is 0.330 e. The molecule has 0 N–H and O–H groups in total. The zero-order valence-electron chi connectivity index (χ0n) is 22.7. The van der Waals surface area contributed by atoms with Gasteiger partial charge in [0.25, 0.3) is 0 Å². The maximum Gasteiger partial charge on any atom is 0.330 e. The summed E-state index contributed by atoms with van der Waals surface area (Å²) in [6.07, 6.45) is 14.9. The van der Waals surface area contributed by atoms with Crippen molar-refractivity contribution in [2.75, 3.05) is 6.61 Å². The van der Waals surface area contributed by atoms with Crippen molar-refractivity contribution in [2.45, 2.75) is 105 Å². The van der Waals surface area contributed by atoms with Crippen LogP contribution in [0.25, 0.3) is 0 Å². The Morgan fingerprint density at radius 1 is 0.857 bits per heavy atom. The Labute approximate surface area is 212 Å². The van der Waals surface area contributed by atoms with Crippen LogP contribution in [-0.4, -0.2) is 24.1 Å². The van der Waals surface area contributed by atoms with Crippen LogP contribution in [0, 0.1) is 51.2 Å². The molecule has 0 radical (unpaired) electrons. The van der Waals surface area contributed by atoms with Gasteiger partial charge in [0.2, 0.25) is 0 Å². The van der Waals surface area contributed by atoms with Gasteiger partial charge in [-0.1, -0.05) is 34.1 Å². The molecule has 5 aliphatic rings. The molecule has 0 amide bonds. The SMILES string of the molecule is CCOC(=O)/C=C/C(=O)C12CCCC1C1CCC3[C@@](C)(CCC4C(C)(C)C(=O)CC[C@@]43C)C1CC2. The minimum absolute atomic E-state index is 0.169. The monoisotopic (exact) mass is 482 g/mol. The van der Waals surface area contributed by atoms with E-state index in [1.165, 1.54) is 37.8 Å². The Hall–Kier alpha value is -1.45. The van der Waals surface area contributed by atoms with Gasteiger partial charge in [0.1, 0.15) is 5.78 Å². The van der Waals surface area contributed by atoms with Crippen LogP contribution in [0.1, 0.15) is 105 Å². The van der Waals surface area contributed by atoms with E-state index in [4.69, 9.17) is 4.74 Å². The number of hydrogen-bond donors (Lipinski definition) is 0. The van der Waals surface area contributed by atoms with Crippen molar-refractivity contribution in [1.82, 2.24) is 0 Å². The minimum Gasteiger partial charge on any atom is -0.463 e. The fourth-order valence-electron chi connectivity index (χ4n) is 10.9. The summed E-state index contributed by atoms with van der Waals surface area (Å²) in [4.78, 5) is 38.3. The van der Waals surface area contributed by atoms with E-state index in [2.05, 4.69) is 27.7 Å². The molecule has 35 heavy (non-hydrogen) atoms. The maximum absolute atomic E-state index is 13.6. The summed E-state index contributed by atoms with van der Waals surface area (Å²) in [5.41, 5.74) is 0.0880. The van der Waals surface area contributed by atoms with Crippen molar-refractivity contribution in [1.29, 1.82) is 0 Å². The lowest BCUT2D eigenvalue weighted by Gasteiger charge is -2.68. The second kappa shape index (κ2) is 8.55. The van der Waals surface area contributed by atoms with Gasteiger partial charge in [0, 0.05) is 23.3 Å². The molecule has 5 rings (SSSR count). The normalized spacial score (nSPS) is 46.3. The fourth-order valence-corrected chi connectivity index (χ4v) is 10.9. The predicted octanol–water partition coefficient (Wildman–Crippen LogP) is 6.71. The molecule has 0 spiro atoms. The van der Waals surface area contributed by atoms with Crippen molar-refractivity contribution in [3.63, 3.8) is 0 Å². The summed E-state index contributed by atoms with van der Waals surface area (Å²) in [6.45, 7) is 11.7. The van der Waals surface area contributed by atoms with Gasteiger partial charge in [-0.05, 0) is 111 Å². The molecule has 0 aromatic carbocycles. The molecule has 0 aromatic rings. The van der Waals surface area contributed by atoms with E-state index in [0.717, 1.165) is 44.9 Å². The first kappa shape index (κ1) is 25.2. The van der Waals surface area contributed by atoms with Gasteiger partial charge in [-0.3, -0.25) is 9.59 Å². The molecule has 0 heterocycles. The first-order valence-electron chi connectivity index (χ1n) is 14.4. The Bertz CT molecular complexity index is 932. The Morgan fingerprint density at radius 2 is 1.63 bits per heavy atom. The summed E-state index contributed by atoms with van der Waals surface area (Å²) in [6, 6.07) is 0. The topological polar surface area (TPSA) is 60.4 Å². The molecule has 5 saturated carbocycles. The van der Waals surface area contributed by atoms with Crippen molar-refractivity contribution in [3.05, 3.63) is 12.2 Å². The van der Waals surface area contributed by atoms with E-state index in [1.54, 1.807) is 6.92 Å². The van der Waals surface area contributed by atoms with E-state index in [-0.39, 0.29) is 22.0 Å². The second-order valence-corrected chi connectivity index (χ2v) is 13.8. The number of Topliss-reactive ketones (excluding diaryl/α,β-unsaturated/α-hetero) is 1. The lowest BCUT2D eigenvalue weighted by atomic mass is 9.36. The van der Waals surface area contributed by atoms with Crippen LogP contribution >= 0.6 is 0 Å². The maximum atomic E-state index is 13.6. The molecule has 0 saturated heterocycles. The predicted molar refractivity (Wildman–Crippen MR) is 136 cm³/mol. The highest BCUT2D eigenvalue weighted by molar-refractivity contribution is 5.99. The quantitative estimate of drug-likeness (QED) is 0.330. The highest BCUT2D eigenvalue weighted by atomic mass is 16.5. The summed E-state index contributed by atoms with van der Waals surface area (Å²) < 4.78 is 5.02. The number of allylic oxidation sites excluding steroid dienone is 1. The van der Waals surface area contributed by atoms with Gasteiger partial charge in [0.15, 0.2) is 5.78 Å². The van der Waals surface area contributed by atoms with Crippen LogP contribution < -0.4 is 0 Å². The van der Waals surface area contributed by atoms with E-state index in [9.17, 15) is 14.4 Å². The van der Waals surface area contributed by atoms with Gasteiger partial charge in [0.05, 0.1) is 6.61 Å². The molecule has 8 atom stereocenters. The van der Waals surface area contributed by atoms with Crippen molar-refractivity contribution in [3.8, 4) is 0 Å². The molecular weight excluding hydrogens is 436 g/mol. The molecule has 194 valence electrons. The van der Waals surface area contributed by atoms with Crippen LogP contribution in [0.3, 0.4) is 0 Å². The number of fused-ring (bicyclic) bond motifs is 7. The third-order valence-corrected chi connectivity index (χ3v) is 12.4. The largest absolute Gasteiger partial charge is 0.463 e. The summed E-state index contributed by atoms with van der Waals surface area (Å²) >= 11 is 0. The molecule has 5 fully saturated rings. The Morgan fingerprint density at radius 3 is 2.37 bits per heavy atom. The molecular formula is C31H46O4. The average molecular weight is 483 g/mol. The Balaban J connectivity index is 1.41. The fraction of sp³-hybridized carbons (Fsp3) is 0.839. The van der Waals surface area contributed by atoms with E-state index < -0.39 is 5.97 Å². The highest BCUT2D eigenvalue weighted by Crippen LogP contribution is 2.72. The number of hydrogen-bond acceptors (Lipinski definition) is 4. The van der Waals surface area contributed by atoms with Crippen molar-refractivity contribution < 1.29 is 19.1 Å². The summed E-state index contributed by atoms with van der Waals surface area (Å²) in [5, 5.41) is 0. The molecule has 6 unspecified atom stereocenters. The van der Waals surface area contributed by atoms with E-state index >= 15 is 0 Å². The first-order valence-corrected chi connectivity index (χ1v) is 14.4. The summed E-state index contributed by atoms with van der Waals surface area (Å²) in [7, 11) is 0. The standard InChI is InChI=1S/C31H46O4/c1-6-35-27(34)12-11-26(33)31-16-7-8-22(31)20-9-10-24-29(4,21(20)13-19-31)17-14-23-28(2,3)25(32)15-18-30(23,24)5/h11-12,20-24H,6-10,13-19H2,1-5H3/b12-11+/t20?,21?,22?,23?,24?,29-,30-,31?/m0/s1. The van der Waals surface area contributed by atoms with Gasteiger partial charge in [-0.25, -0.2) is 4.79 Å². The third kappa shape index (κ3) is 3.55. The van der Waals surface area contributed by atoms with Crippen molar-refractivity contribution in [2.24, 2.45) is 51.2 Å². The minimum atomic E-state index is -0.410. The number of carbonyl (C=O) groups excluding carboxylic acids is 3. The van der Waals surface area contributed by atoms with E-state index in [1.807, 2.05) is 0 Å². The average Bonchev–Trinajstić information content (AvgIpc) is 3.26. The van der Waals surface area contributed by atoms with Crippen molar-refractivity contribution >= 4 is 17.5 Å². The van der Waals surface area contributed by atoms with E-state index in [0.29, 0.717) is 47.4 Å². The Kier molecular flexibility index (Phi) is 6.16. The molecule has 4 heteroatoms. The van der Waals surface area contributed by atoms with Gasteiger partial charge >= 0.3 is 5.97 Å². The second-order valence-electron chi connectivity index (χ2n) is 13.8. The number of esters is 1. The zero-order valence-corrected chi connectivity index (χ0v) is 22.7. The number of ether oxygens (including phenoxy) is 1. The van der Waals surface area contributed by atoms with Gasteiger partial charge in [-0.2, -0.15) is 0 Å². The van der Waals surface area contributed by atoms with Gasteiger partial charge in [-0.15, -0.1) is 0 Å². The number of rotatable bonds is 4. The molecule has 0 aliphatic heterocycles. The number of ketones is 2.